The third-order valence-corrected chi connectivity index (χ3v) is 3.03. The number of ketones is 2. The number of carbonyl (C=O) groups excluding carboxylic acids is 2. The molecule has 0 fully saturated rings. The van der Waals surface area contributed by atoms with E-state index in [1.165, 1.54) is 0 Å². The molecule has 0 spiro atoms. The molecule has 3 heteroatoms. The highest BCUT2D eigenvalue weighted by molar-refractivity contribution is 6.11. The van der Waals surface area contributed by atoms with E-state index < -0.39 is 0 Å². The number of nitrogen functional groups attached to an aromatic ring is 1. The summed E-state index contributed by atoms with van der Waals surface area (Å²) in [5.41, 5.74) is 7.48. The maximum absolute atomic E-state index is 12.0. The average Bonchev–Trinajstić information content (AvgIpc) is 2.55. The van der Waals surface area contributed by atoms with Crippen LogP contribution in [0.3, 0.4) is 0 Å². The van der Waals surface area contributed by atoms with Gasteiger partial charge in [-0.05, 0) is 12.1 Å². The van der Waals surface area contributed by atoms with Gasteiger partial charge in [0, 0.05) is 29.7 Å². The predicted molar refractivity (Wildman–Crippen MR) is 86.3 cm³/mol. The molecule has 0 radical (unpaired) electrons. The lowest BCUT2D eigenvalue weighted by atomic mass is 10.0. The summed E-state index contributed by atoms with van der Waals surface area (Å²) < 4.78 is 0. The molecule has 0 saturated heterocycles. The van der Waals surface area contributed by atoms with E-state index in [0.717, 1.165) is 0 Å². The van der Waals surface area contributed by atoms with E-state index in [1.54, 1.807) is 24.3 Å². The molecule has 0 saturated carbocycles. The van der Waals surface area contributed by atoms with Crippen LogP contribution in [0.25, 0.3) is 0 Å². The Labute approximate surface area is 125 Å². The Balaban J connectivity index is 0.000000315. The minimum Gasteiger partial charge on any atom is -0.398 e. The molecule has 3 nitrogen and oxygen atoms in total. The van der Waals surface area contributed by atoms with E-state index in [1.807, 2.05) is 44.2 Å². The fourth-order valence-corrected chi connectivity index (χ4v) is 1.70. The van der Waals surface area contributed by atoms with E-state index in [2.05, 4.69) is 0 Å². The smallest absolute Gasteiger partial charge is 0.195 e. The Hall–Kier alpha value is -2.42. The van der Waals surface area contributed by atoms with Crippen LogP contribution in [0.1, 0.15) is 42.6 Å². The minimum absolute atomic E-state index is 0.0336. The topological polar surface area (TPSA) is 60.2 Å². The third kappa shape index (κ3) is 5.22. The van der Waals surface area contributed by atoms with E-state index in [-0.39, 0.29) is 5.78 Å². The summed E-state index contributed by atoms with van der Waals surface area (Å²) in [4.78, 5) is 22.2. The molecule has 2 aromatic carbocycles. The summed E-state index contributed by atoms with van der Waals surface area (Å²) in [7, 11) is 0. The Morgan fingerprint density at radius 3 is 1.86 bits per heavy atom. The van der Waals surface area contributed by atoms with Gasteiger partial charge in [-0.15, -0.1) is 0 Å². The first-order valence-corrected chi connectivity index (χ1v) is 7.06. The van der Waals surface area contributed by atoms with Gasteiger partial charge in [-0.2, -0.15) is 0 Å². The second-order valence-electron chi connectivity index (χ2n) is 4.53. The quantitative estimate of drug-likeness (QED) is 0.684. The molecule has 2 N–H and O–H groups in total. The highest BCUT2D eigenvalue weighted by Gasteiger charge is 2.10. The number of carbonyl (C=O) groups is 2. The van der Waals surface area contributed by atoms with Crippen LogP contribution in [-0.2, 0) is 4.79 Å². The van der Waals surface area contributed by atoms with Crippen LogP contribution < -0.4 is 5.73 Å². The van der Waals surface area contributed by atoms with Crippen LogP contribution in [0.5, 0.6) is 0 Å². The van der Waals surface area contributed by atoms with Crippen molar-refractivity contribution in [1.82, 2.24) is 0 Å². The third-order valence-electron chi connectivity index (χ3n) is 3.03. The van der Waals surface area contributed by atoms with Crippen molar-refractivity contribution in [3.8, 4) is 0 Å². The highest BCUT2D eigenvalue weighted by Crippen LogP contribution is 2.15. The minimum atomic E-state index is -0.0336. The molecule has 110 valence electrons. The lowest BCUT2D eigenvalue weighted by Gasteiger charge is -2.03. The summed E-state index contributed by atoms with van der Waals surface area (Å²) in [6, 6.07) is 16.2. The monoisotopic (exact) mass is 283 g/mol. The standard InChI is InChI=1S/C13H11NO.C5H10O/c14-12-9-5-4-8-11(12)13(15)10-6-2-1-3-7-10;1-3-5(6)4-2/h1-9H,14H2;3-4H2,1-2H3. The lowest BCUT2D eigenvalue weighted by molar-refractivity contribution is -0.118. The van der Waals surface area contributed by atoms with Crippen LogP contribution >= 0.6 is 0 Å². The maximum Gasteiger partial charge on any atom is 0.195 e. The molecule has 0 amide bonds. The van der Waals surface area contributed by atoms with Crippen molar-refractivity contribution in [1.29, 1.82) is 0 Å². The van der Waals surface area contributed by atoms with Gasteiger partial charge in [-0.1, -0.05) is 56.3 Å². The number of para-hydroxylation sites is 1. The van der Waals surface area contributed by atoms with E-state index in [4.69, 9.17) is 5.73 Å². The Kier molecular flexibility index (Phi) is 6.88. The number of benzene rings is 2. The van der Waals surface area contributed by atoms with E-state index >= 15 is 0 Å². The number of Topliss-reactive ketones (excluding diaryl/α,β-unsaturated/α-hetero) is 1. The summed E-state index contributed by atoms with van der Waals surface area (Å²) >= 11 is 0. The van der Waals surface area contributed by atoms with Crippen molar-refractivity contribution in [2.24, 2.45) is 0 Å². The second kappa shape index (κ2) is 8.69. The first-order chi connectivity index (χ1) is 10.1. The molecule has 0 unspecified atom stereocenters. The van der Waals surface area contributed by atoms with Crippen molar-refractivity contribution >= 4 is 17.3 Å². The van der Waals surface area contributed by atoms with Gasteiger partial charge >= 0.3 is 0 Å². The Bertz CT molecular complexity index is 585. The van der Waals surface area contributed by atoms with Crippen molar-refractivity contribution in [3.05, 3.63) is 65.7 Å². The first-order valence-electron chi connectivity index (χ1n) is 7.06. The van der Waals surface area contributed by atoms with Gasteiger partial charge in [0.1, 0.15) is 5.78 Å². The number of hydrogen-bond acceptors (Lipinski definition) is 3. The summed E-state index contributed by atoms with van der Waals surface area (Å²) in [5.74, 6) is 0.309. The molecule has 2 rings (SSSR count). The van der Waals surface area contributed by atoms with Crippen LogP contribution in [0, 0.1) is 0 Å². The zero-order valence-corrected chi connectivity index (χ0v) is 12.5. The average molecular weight is 283 g/mol. The fourth-order valence-electron chi connectivity index (χ4n) is 1.70. The van der Waals surface area contributed by atoms with Gasteiger partial charge in [0.25, 0.3) is 0 Å². The molecule has 0 aromatic heterocycles. The van der Waals surface area contributed by atoms with E-state index in [9.17, 15) is 9.59 Å². The van der Waals surface area contributed by atoms with Crippen LogP contribution in [0.4, 0.5) is 5.69 Å². The highest BCUT2D eigenvalue weighted by atomic mass is 16.1. The van der Waals surface area contributed by atoms with Gasteiger partial charge in [0.15, 0.2) is 5.78 Å². The molecule has 21 heavy (non-hydrogen) atoms. The molecule has 2 aromatic rings. The number of rotatable bonds is 4. The zero-order valence-electron chi connectivity index (χ0n) is 12.5. The summed E-state index contributed by atoms with van der Waals surface area (Å²) in [6.45, 7) is 3.76. The molecule has 0 atom stereocenters. The maximum atomic E-state index is 12.0. The van der Waals surface area contributed by atoms with Gasteiger partial charge < -0.3 is 5.73 Å². The molecule has 0 aliphatic carbocycles. The molecule has 0 aliphatic heterocycles. The van der Waals surface area contributed by atoms with Crippen LogP contribution in [0.2, 0.25) is 0 Å². The van der Waals surface area contributed by atoms with Gasteiger partial charge in [0.2, 0.25) is 0 Å². The van der Waals surface area contributed by atoms with Crippen molar-refractivity contribution in [2.45, 2.75) is 26.7 Å². The lowest BCUT2D eigenvalue weighted by Crippen LogP contribution is -2.04. The predicted octanol–water partition coefficient (Wildman–Crippen LogP) is 3.88. The molecular weight excluding hydrogens is 262 g/mol. The summed E-state index contributed by atoms with van der Waals surface area (Å²) in [6.07, 6.45) is 1.38. The number of anilines is 1. The van der Waals surface area contributed by atoms with Crippen molar-refractivity contribution < 1.29 is 9.59 Å². The largest absolute Gasteiger partial charge is 0.398 e. The molecule has 0 bridgehead atoms. The first kappa shape index (κ1) is 16.6. The number of hydrogen-bond donors (Lipinski definition) is 1. The van der Waals surface area contributed by atoms with Gasteiger partial charge in [-0.3, -0.25) is 9.59 Å². The normalized spacial score (nSPS) is 9.43. The van der Waals surface area contributed by atoms with Gasteiger partial charge in [0.05, 0.1) is 0 Å². The fraction of sp³-hybridized carbons (Fsp3) is 0.222. The molecule has 0 heterocycles. The van der Waals surface area contributed by atoms with Crippen LogP contribution in [0.15, 0.2) is 54.6 Å². The summed E-state index contributed by atoms with van der Waals surface area (Å²) in [5, 5.41) is 0. The molecular formula is C18H21NO2. The SMILES string of the molecule is CCC(=O)CC.Nc1ccccc1C(=O)c1ccccc1. The number of nitrogens with two attached hydrogens (primary N) is 1. The zero-order chi connectivity index (χ0) is 15.7. The molecule has 0 aliphatic rings. The second-order valence-corrected chi connectivity index (χ2v) is 4.53. The van der Waals surface area contributed by atoms with Crippen molar-refractivity contribution in [3.63, 3.8) is 0 Å². The van der Waals surface area contributed by atoms with Crippen LogP contribution in [-0.4, -0.2) is 11.6 Å². The van der Waals surface area contributed by atoms with Crippen molar-refractivity contribution in [2.75, 3.05) is 5.73 Å². The van der Waals surface area contributed by atoms with E-state index in [0.29, 0.717) is 35.4 Å². The van der Waals surface area contributed by atoms with Gasteiger partial charge in [-0.25, -0.2) is 0 Å². The Morgan fingerprint density at radius 2 is 1.38 bits per heavy atom. The Morgan fingerprint density at radius 1 is 0.857 bits per heavy atom.